The zero-order valence-electron chi connectivity index (χ0n) is 15.7. The molecule has 4 rings (SSSR count). The molecule has 2 aromatic rings. The lowest BCUT2D eigenvalue weighted by Crippen LogP contribution is -2.23. The monoisotopic (exact) mass is 409 g/mol. The quantitative estimate of drug-likeness (QED) is 0.765. The van der Waals surface area contributed by atoms with E-state index < -0.39 is 18.5 Å². The predicted molar refractivity (Wildman–Crippen MR) is 108 cm³/mol. The topological polar surface area (TPSA) is 99.5 Å². The average molecular weight is 409 g/mol. The summed E-state index contributed by atoms with van der Waals surface area (Å²) >= 11 is 1.42. The normalized spacial score (nSPS) is 15.1. The molecular formula is C21H19N3O4S. The zero-order chi connectivity index (χ0) is 20.4. The van der Waals surface area contributed by atoms with Gasteiger partial charge < -0.3 is 15.0 Å². The maximum Gasteiger partial charge on any atom is 0.338 e. The van der Waals surface area contributed by atoms with Gasteiger partial charge in [0.15, 0.2) is 6.61 Å². The predicted octanol–water partition coefficient (Wildman–Crippen LogP) is 3.03. The number of nitriles is 1. The van der Waals surface area contributed by atoms with Crippen LogP contribution < -0.4 is 10.2 Å². The third-order valence-electron chi connectivity index (χ3n) is 5.11. The van der Waals surface area contributed by atoms with Crippen molar-refractivity contribution in [3.8, 4) is 6.07 Å². The van der Waals surface area contributed by atoms with E-state index in [1.54, 1.807) is 29.2 Å². The highest BCUT2D eigenvalue weighted by atomic mass is 32.1. The molecule has 2 amide bonds. The van der Waals surface area contributed by atoms with Crippen molar-refractivity contribution in [3.63, 3.8) is 0 Å². The number of hydrogen-bond acceptors (Lipinski definition) is 6. The van der Waals surface area contributed by atoms with Crippen LogP contribution in [0.25, 0.3) is 0 Å². The van der Waals surface area contributed by atoms with Gasteiger partial charge in [0.2, 0.25) is 5.91 Å². The Morgan fingerprint density at radius 1 is 1.17 bits per heavy atom. The number of carbonyl (C=O) groups is 3. The van der Waals surface area contributed by atoms with Gasteiger partial charge in [-0.15, -0.1) is 11.3 Å². The van der Waals surface area contributed by atoms with E-state index in [1.165, 1.54) is 11.3 Å². The van der Waals surface area contributed by atoms with Crippen molar-refractivity contribution >= 4 is 39.8 Å². The van der Waals surface area contributed by atoms with Crippen molar-refractivity contribution in [2.24, 2.45) is 0 Å². The van der Waals surface area contributed by atoms with Crippen LogP contribution in [0.1, 0.15) is 45.6 Å². The SMILES string of the molecule is N#Cc1c(NC(=O)COC(=O)c2ccc(N3CCCC3=O)cc2)sc2c1CCC2. The zero-order valence-corrected chi connectivity index (χ0v) is 16.5. The number of thiophene rings is 1. The van der Waals surface area contributed by atoms with Crippen LogP contribution in [0.15, 0.2) is 24.3 Å². The number of hydrogen-bond donors (Lipinski definition) is 1. The van der Waals surface area contributed by atoms with Crippen molar-refractivity contribution in [2.45, 2.75) is 32.1 Å². The van der Waals surface area contributed by atoms with E-state index in [0.29, 0.717) is 29.1 Å². The van der Waals surface area contributed by atoms with Crippen LogP contribution in [0, 0.1) is 11.3 Å². The molecule has 1 aliphatic heterocycles. The van der Waals surface area contributed by atoms with Gasteiger partial charge in [-0.3, -0.25) is 9.59 Å². The molecule has 1 saturated heterocycles. The summed E-state index contributed by atoms with van der Waals surface area (Å²) in [6, 6.07) is 8.73. The van der Waals surface area contributed by atoms with Crippen LogP contribution in [-0.4, -0.2) is 30.9 Å². The van der Waals surface area contributed by atoms with Crippen LogP contribution in [0.4, 0.5) is 10.7 Å². The van der Waals surface area contributed by atoms with Crippen LogP contribution in [0.3, 0.4) is 0 Å². The Bertz CT molecular complexity index is 1020. The summed E-state index contributed by atoms with van der Waals surface area (Å²) in [6.45, 7) is 0.248. The molecule has 0 atom stereocenters. The highest BCUT2D eigenvalue weighted by Gasteiger charge is 2.24. The fraction of sp³-hybridized carbons (Fsp3) is 0.333. The van der Waals surface area contributed by atoms with Gasteiger partial charge in [0.25, 0.3) is 5.91 Å². The number of esters is 1. The van der Waals surface area contributed by atoms with Gasteiger partial charge in [0, 0.05) is 23.5 Å². The molecule has 8 heteroatoms. The maximum absolute atomic E-state index is 12.2. The van der Waals surface area contributed by atoms with E-state index >= 15 is 0 Å². The lowest BCUT2D eigenvalue weighted by atomic mass is 10.1. The molecule has 0 bridgehead atoms. The molecule has 148 valence electrons. The van der Waals surface area contributed by atoms with Crippen molar-refractivity contribution in [1.29, 1.82) is 5.26 Å². The standard InChI is InChI=1S/C21H19N3O4S/c22-11-16-15-3-1-4-17(15)29-20(16)23-18(25)12-28-21(27)13-6-8-14(9-7-13)24-10-2-5-19(24)26/h6-9H,1-5,10,12H2,(H,23,25). The molecule has 1 fully saturated rings. The van der Waals surface area contributed by atoms with Gasteiger partial charge in [-0.05, 0) is 55.5 Å². The summed E-state index contributed by atoms with van der Waals surface area (Å²) in [4.78, 5) is 39.0. The molecule has 0 radical (unpaired) electrons. The van der Waals surface area contributed by atoms with Crippen LogP contribution in [0.2, 0.25) is 0 Å². The van der Waals surface area contributed by atoms with Gasteiger partial charge in [-0.1, -0.05) is 0 Å². The summed E-state index contributed by atoms with van der Waals surface area (Å²) in [5.41, 5.74) is 2.60. The Morgan fingerprint density at radius 3 is 2.66 bits per heavy atom. The molecule has 1 aromatic carbocycles. The largest absolute Gasteiger partial charge is 0.452 e. The fourth-order valence-corrected chi connectivity index (χ4v) is 4.94. The molecule has 29 heavy (non-hydrogen) atoms. The highest BCUT2D eigenvalue weighted by Crippen LogP contribution is 2.38. The fourth-order valence-electron chi connectivity index (χ4n) is 3.69. The molecule has 1 aromatic heterocycles. The molecule has 7 nitrogen and oxygen atoms in total. The average Bonchev–Trinajstić information content (AvgIpc) is 3.42. The minimum absolute atomic E-state index is 0.0771. The molecule has 0 saturated carbocycles. The molecule has 0 unspecified atom stereocenters. The van der Waals surface area contributed by atoms with Crippen molar-refractivity contribution in [3.05, 3.63) is 45.8 Å². The first-order chi connectivity index (χ1) is 14.1. The molecular weight excluding hydrogens is 390 g/mol. The van der Waals surface area contributed by atoms with E-state index in [0.717, 1.165) is 41.8 Å². The Kier molecular flexibility index (Phi) is 5.32. The number of amides is 2. The van der Waals surface area contributed by atoms with Gasteiger partial charge in [-0.2, -0.15) is 5.26 Å². The minimum atomic E-state index is -0.617. The van der Waals surface area contributed by atoms with E-state index in [2.05, 4.69) is 11.4 Å². The Hall–Kier alpha value is -3.18. The number of benzene rings is 1. The summed E-state index contributed by atoms with van der Waals surface area (Å²) < 4.78 is 5.09. The second-order valence-electron chi connectivity index (χ2n) is 6.99. The number of rotatable bonds is 5. The third-order valence-corrected chi connectivity index (χ3v) is 6.32. The minimum Gasteiger partial charge on any atom is -0.452 e. The molecule has 1 aliphatic carbocycles. The maximum atomic E-state index is 12.2. The first-order valence-electron chi connectivity index (χ1n) is 9.49. The van der Waals surface area contributed by atoms with E-state index in [4.69, 9.17) is 4.74 Å². The third kappa shape index (κ3) is 3.87. The number of fused-ring (bicyclic) bond motifs is 1. The number of anilines is 2. The Morgan fingerprint density at radius 2 is 1.97 bits per heavy atom. The van der Waals surface area contributed by atoms with Crippen molar-refractivity contribution < 1.29 is 19.1 Å². The smallest absolute Gasteiger partial charge is 0.338 e. The van der Waals surface area contributed by atoms with Gasteiger partial charge in [-0.25, -0.2) is 4.79 Å². The lowest BCUT2D eigenvalue weighted by molar-refractivity contribution is -0.119. The van der Waals surface area contributed by atoms with Crippen LogP contribution in [0.5, 0.6) is 0 Å². The summed E-state index contributed by atoms with van der Waals surface area (Å²) in [5, 5.41) is 12.6. The number of nitrogens with zero attached hydrogens (tertiary/aromatic N) is 2. The number of carbonyl (C=O) groups excluding carboxylic acids is 3. The number of nitrogens with one attached hydrogen (secondary N) is 1. The van der Waals surface area contributed by atoms with Gasteiger partial charge in [0.05, 0.1) is 11.1 Å². The molecule has 0 spiro atoms. The van der Waals surface area contributed by atoms with E-state index in [9.17, 15) is 19.6 Å². The number of ether oxygens (including phenoxy) is 1. The van der Waals surface area contributed by atoms with E-state index in [1.807, 2.05) is 0 Å². The van der Waals surface area contributed by atoms with Gasteiger partial charge >= 0.3 is 5.97 Å². The summed E-state index contributed by atoms with van der Waals surface area (Å²) in [6.07, 6.45) is 4.20. The summed E-state index contributed by atoms with van der Waals surface area (Å²) in [7, 11) is 0. The first-order valence-corrected chi connectivity index (χ1v) is 10.3. The number of aryl methyl sites for hydroxylation is 1. The second kappa shape index (κ2) is 8.05. The van der Waals surface area contributed by atoms with Gasteiger partial charge in [0.1, 0.15) is 11.1 Å². The second-order valence-corrected chi connectivity index (χ2v) is 8.10. The molecule has 2 heterocycles. The first kappa shape index (κ1) is 19.2. The summed E-state index contributed by atoms with van der Waals surface area (Å²) in [5.74, 6) is -1.02. The lowest BCUT2D eigenvalue weighted by Gasteiger charge is -2.15. The van der Waals surface area contributed by atoms with Crippen LogP contribution >= 0.6 is 11.3 Å². The Labute approximate surface area is 171 Å². The molecule has 2 aliphatic rings. The van der Waals surface area contributed by atoms with Crippen molar-refractivity contribution in [2.75, 3.05) is 23.4 Å². The van der Waals surface area contributed by atoms with Crippen molar-refractivity contribution in [1.82, 2.24) is 0 Å². The molecule has 1 N–H and O–H groups in total. The van der Waals surface area contributed by atoms with E-state index in [-0.39, 0.29) is 5.91 Å². The highest BCUT2D eigenvalue weighted by molar-refractivity contribution is 7.16. The van der Waals surface area contributed by atoms with Crippen LogP contribution in [-0.2, 0) is 27.2 Å². The Balaban J connectivity index is 1.33.